The highest BCUT2D eigenvalue weighted by Gasteiger charge is 2.28. The average molecular weight is 461 g/mol. The van der Waals surface area contributed by atoms with Crippen LogP contribution in [0.4, 0.5) is 0 Å². The molecule has 34 heavy (non-hydrogen) atoms. The van der Waals surface area contributed by atoms with E-state index in [1.165, 1.54) is 50.9 Å². The number of methoxy groups -OCH3 is 1. The number of aromatic hydroxyl groups is 1. The summed E-state index contributed by atoms with van der Waals surface area (Å²) in [6.45, 7) is 6.53. The van der Waals surface area contributed by atoms with E-state index >= 15 is 0 Å². The second-order valence-electron chi connectivity index (χ2n) is 9.26. The molecule has 0 radical (unpaired) electrons. The minimum atomic E-state index is -0.167. The van der Waals surface area contributed by atoms with Crippen LogP contribution in [0.25, 0.3) is 17.0 Å². The number of phenolic OH excluding ortho intramolecular Hbond substituents is 1. The van der Waals surface area contributed by atoms with Crippen LogP contribution in [0.5, 0.6) is 17.2 Å². The van der Waals surface area contributed by atoms with Crippen LogP contribution >= 0.6 is 0 Å². The van der Waals surface area contributed by atoms with Crippen LogP contribution < -0.4 is 9.47 Å². The molecular formula is C28H32N2O4. The number of hydrogen-bond donors (Lipinski definition) is 1. The molecule has 1 N–H and O–H groups in total. The van der Waals surface area contributed by atoms with Crippen molar-refractivity contribution in [2.75, 3.05) is 26.7 Å². The zero-order valence-electron chi connectivity index (χ0n) is 20.0. The molecular weight excluding hydrogens is 428 g/mol. The summed E-state index contributed by atoms with van der Waals surface area (Å²) in [6.07, 6.45) is 8.22. The molecule has 2 aliphatic heterocycles. The van der Waals surface area contributed by atoms with E-state index in [0.717, 1.165) is 47.4 Å². The minimum absolute atomic E-state index is 0.0785. The zero-order chi connectivity index (χ0) is 23.7. The number of allylic oxidation sites excluding steroid dienone is 1. The molecule has 2 aromatic carbocycles. The molecule has 2 aliphatic rings. The van der Waals surface area contributed by atoms with Gasteiger partial charge < -0.3 is 24.0 Å². The van der Waals surface area contributed by atoms with Crippen molar-refractivity contribution in [2.24, 2.45) is 0 Å². The van der Waals surface area contributed by atoms with Crippen molar-refractivity contribution in [1.82, 2.24) is 9.47 Å². The van der Waals surface area contributed by atoms with Crippen molar-refractivity contribution in [3.8, 4) is 17.2 Å². The first-order chi connectivity index (χ1) is 16.5. The Morgan fingerprint density at radius 1 is 1.06 bits per heavy atom. The maximum Gasteiger partial charge on any atom is 0.231 e. The summed E-state index contributed by atoms with van der Waals surface area (Å²) in [7, 11) is 1.66. The summed E-state index contributed by atoms with van der Waals surface area (Å²) < 4.78 is 13.7. The average Bonchev–Trinajstić information content (AvgIpc) is 3.12. The summed E-state index contributed by atoms with van der Waals surface area (Å²) in [5, 5.41) is 10.8. The molecule has 0 unspecified atom stereocenters. The first-order valence-corrected chi connectivity index (χ1v) is 12.2. The number of rotatable bonds is 6. The van der Waals surface area contributed by atoms with Crippen LogP contribution in [0.1, 0.15) is 53.7 Å². The number of carbonyl (C=O) groups is 1. The number of nitrogens with zero attached hydrogens (tertiary/aromatic N) is 2. The van der Waals surface area contributed by atoms with E-state index < -0.39 is 0 Å². The maximum atomic E-state index is 13.0. The SMILES string of the molecule is COc1ccc2c(c1)c(/C=C1\Oc3cc(O)ccc3C1=O)c(C)n2CCCN1CCCCCC1. The number of aryl methyl sites for hydroxylation is 1. The fourth-order valence-corrected chi connectivity index (χ4v) is 5.20. The Balaban J connectivity index is 1.46. The van der Waals surface area contributed by atoms with Crippen molar-refractivity contribution in [3.63, 3.8) is 0 Å². The van der Waals surface area contributed by atoms with Crippen LogP contribution in [0, 0.1) is 6.92 Å². The predicted molar refractivity (Wildman–Crippen MR) is 134 cm³/mol. The van der Waals surface area contributed by atoms with E-state index in [1.807, 2.05) is 18.2 Å². The molecule has 0 atom stereocenters. The molecule has 178 valence electrons. The van der Waals surface area contributed by atoms with E-state index in [4.69, 9.17) is 9.47 Å². The molecule has 0 amide bonds. The predicted octanol–water partition coefficient (Wildman–Crippen LogP) is 5.55. The van der Waals surface area contributed by atoms with Crippen LogP contribution in [0.3, 0.4) is 0 Å². The summed E-state index contributed by atoms with van der Waals surface area (Å²) in [6, 6.07) is 10.7. The lowest BCUT2D eigenvalue weighted by molar-refractivity contribution is 0.101. The number of benzene rings is 2. The molecule has 6 heteroatoms. The minimum Gasteiger partial charge on any atom is -0.508 e. The van der Waals surface area contributed by atoms with Gasteiger partial charge in [0.15, 0.2) is 5.76 Å². The largest absolute Gasteiger partial charge is 0.508 e. The van der Waals surface area contributed by atoms with E-state index in [-0.39, 0.29) is 17.3 Å². The molecule has 0 saturated carbocycles. The van der Waals surface area contributed by atoms with Crippen molar-refractivity contribution < 1.29 is 19.4 Å². The summed E-state index contributed by atoms with van der Waals surface area (Å²) in [5.41, 5.74) is 3.66. The monoisotopic (exact) mass is 460 g/mol. The molecule has 0 bridgehead atoms. The van der Waals surface area contributed by atoms with Gasteiger partial charge in [-0.2, -0.15) is 0 Å². The highest BCUT2D eigenvalue weighted by molar-refractivity contribution is 6.15. The second kappa shape index (κ2) is 9.55. The van der Waals surface area contributed by atoms with Gasteiger partial charge in [-0.3, -0.25) is 4.79 Å². The highest BCUT2D eigenvalue weighted by atomic mass is 16.5. The van der Waals surface area contributed by atoms with Gasteiger partial charge >= 0.3 is 0 Å². The Kier molecular flexibility index (Phi) is 6.33. The van der Waals surface area contributed by atoms with Crippen LogP contribution in [-0.2, 0) is 6.54 Å². The van der Waals surface area contributed by atoms with Crippen LogP contribution in [0.2, 0.25) is 0 Å². The normalized spacial score (nSPS) is 17.7. The Morgan fingerprint density at radius 3 is 2.62 bits per heavy atom. The number of phenols is 1. The van der Waals surface area contributed by atoms with Gasteiger partial charge in [-0.15, -0.1) is 0 Å². The van der Waals surface area contributed by atoms with E-state index in [2.05, 4.69) is 22.5 Å². The van der Waals surface area contributed by atoms with Gasteiger partial charge in [0, 0.05) is 34.8 Å². The summed E-state index contributed by atoms with van der Waals surface area (Å²) in [5.74, 6) is 1.36. The third-order valence-electron chi connectivity index (χ3n) is 7.06. The first-order valence-electron chi connectivity index (χ1n) is 12.2. The number of ketones is 1. The van der Waals surface area contributed by atoms with Gasteiger partial charge in [-0.1, -0.05) is 12.8 Å². The Hall–Kier alpha value is -3.25. The topological polar surface area (TPSA) is 63.9 Å². The highest BCUT2D eigenvalue weighted by Crippen LogP contribution is 2.37. The molecule has 0 aliphatic carbocycles. The molecule has 0 spiro atoms. The van der Waals surface area contributed by atoms with Gasteiger partial charge in [0.2, 0.25) is 5.78 Å². The number of hydrogen-bond acceptors (Lipinski definition) is 5. The van der Waals surface area contributed by atoms with E-state index in [9.17, 15) is 9.90 Å². The van der Waals surface area contributed by atoms with Gasteiger partial charge in [0.05, 0.1) is 12.7 Å². The molecule has 5 rings (SSSR count). The van der Waals surface area contributed by atoms with Gasteiger partial charge in [-0.05, 0) is 82.2 Å². The van der Waals surface area contributed by atoms with Crippen LogP contribution in [-0.4, -0.2) is 47.1 Å². The van der Waals surface area contributed by atoms with Gasteiger partial charge in [-0.25, -0.2) is 0 Å². The second-order valence-corrected chi connectivity index (χ2v) is 9.26. The third kappa shape index (κ3) is 4.30. The smallest absolute Gasteiger partial charge is 0.231 e. The lowest BCUT2D eigenvalue weighted by Crippen LogP contribution is -2.26. The molecule has 1 fully saturated rings. The number of carbonyl (C=O) groups excluding carboxylic acids is 1. The summed E-state index contributed by atoms with van der Waals surface area (Å²) >= 11 is 0. The number of ether oxygens (including phenoxy) is 2. The van der Waals surface area contributed by atoms with Gasteiger partial charge in [0.1, 0.15) is 17.2 Å². The first kappa shape index (κ1) is 22.5. The number of Topliss-reactive ketones (excluding diaryl/α,β-unsaturated/α-hetero) is 1. The van der Waals surface area contributed by atoms with Crippen molar-refractivity contribution in [2.45, 2.75) is 45.6 Å². The Labute approximate surface area is 200 Å². The van der Waals surface area contributed by atoms with Crippen molar-refractivity contribution >= 4 is 22.8 Å². The quantitative estimate of drug-likeness (QED) is 0.489. The standard InChI is InChI=1S/C28H32N2O4/c1-19-23(18-27-28(32)22-10-8-20(31)16-26(22)34-27)24-17-21(33-2)9-11-25(24)30(19)15-7-14-29-12-5-3-4-6-13-29/h8-11,16-18,31H,3-7,12-15H2,1-2H3/b27-18-. The molecule has 6 nitrogen and oxygen atoms in total. The van der Waals surface area contributed by atoms with E-state index in [0.29, 0.717) is 11.3 Å². The molecule has 3 aromatic rings. The molecule has 1 saturated heterocycles. The van der Waals surface area contributed by atoms with Crippen LogP contribution in [0.15, 0.2) is 42.2 Å². The molecule has 3 heterocycles. The van der Waals surface area contributed by atoms with Crippen molar-refractivity contribution in [1.29, 1.82) is 0 Å². The molecule has 1 aromatic heterocycles. The number of fused-ring (bicyclic) bond motifs is 2. The fourth-order valence-electron chi connectivity index (χ4n) is 5.20. The summed E-state index contributed by atoms with van der Waals surface area (Å²) in [4.78, 5) is 15.5. The maximum absolute atomic E-state index is 13.0. The zero-order valence-corrected chi connectivity index (χ0v) is 20.0. The Morgan fingerprint density at radius 2 is 1.85 bits per heavy atom. The van der Waals surface area contributed by atoms with Crippen molar-refractivity contribution in [3.05, 3.63) is 59.0 Å². The van der Waals surface area contributed by atoms with E-state index in [1.54, 1.807) is 13.2 Å². The number of likely N-dealkylation sites (tertiary alicyclic amines) is 1. The van der Waals surface area contributed by atoms with Gasteiger partial charge in [0.25, 0.3) is 0 Å². The lowest BCUT2D eigenvalue weighted by Gasteiger charge is -2.20. The lowest BCUT2D eigenvalue weighted by atomic mass is 10.1. The fraction of sp³-hybridized carbons (Fsp3) is 0.393. The third-order valence-corrected chi connectivity index (χ3v) is 7.06. The number of aromatic nitrogens is 1. The Bertz CT molecular complexity index is 1250.